The average molecular weight is 197 g/mol. The van der Waals surface area contributed by atoms with Gasteiger partial charge in [-0.1, -0.05) is 6.92 Å². The van der Waals surface area contributed by atoms with Gasteiger partial charge in [0.25, 0.3) is 0 Å². The van der Waals surface area contributed by atoms with Crippen molar-refractivity contribution in [2.75, 3.05) is 6.54 Å². The third-order valence-electron chi connectivity index (χ3n) is 3.78. The van der Waals surface area contributed by atoms with Gasteiger partial charge in [0.1, 0.15) is 0 Å². The molecule has 0 aromatic carbocycles. The Balaban J connectivity index is 2.10. The van der Waals surface area contributed by atoms with Gasteiger partial charge in [0, 0.05) is 6.04 Å². The number of carboxylic acid groups (broad SMARTS) is 1. The van der Waals surface area contributed by atoms with Crippen molar-refractivity contribution >= 4 is 5.97 Å². The van der Waals surface area contributed by atoms with Crippen LogP contribution in [0.4, 0.5) is 0 Å². The van der Waals surface area contributed by atoms with E-state index in [2.05, 4.69) is 12.2 Å². The second kappa shape index (κ2) is 3.89. The molecule has 0 amide bonds. The largest absolute Gasteiger partial charge is 0.481 e. The monoisotopic (exact) mass is 197 g/mol. The van der Waals surface area contributed by atoms with Gasteiger partial charge in [-0.05, 0) is 44.1 Å². The molecule has 3 nitrogen and oxygen atoms in total. The fraction of sp³-hybridized carbons (Fsp3) is 0.909. The molecule has 1 saturated carbocycles. The molecule has 0 radical (unpaired) electrons. The van der Waals surface area contributed by atoms with Crippen LogP contribution in [0.15, 0.2) is 0 Å². The molecule has 4 atom stereocenters. The number of carbonyl (C=O) groups is 1. The fourth-order valence-corrected chi connectivity index (χ4v) is 3.14. The highest BCUT2D eigenvalue weighted by molar-refractivity contribution is 5.70. The molecular formula is C11H19NO2. The summed E-state index contributed by atoms with van der Waals surface area (Å²) >= 11 is 0. The summed E-state index contributed by atoms with van der Waals surface area (Å²) in [5.74, 6) is 0.257. The summed E-state index contributed by atoms with van der Waals surface area (Å²) in [6.45, 7) is 3.24. The number of carboxylic acids is 1. The summed E-state index contributed by atoms with van der Waals surface area (Å²) in [4.78, 5) is 11.1. The molecule has 4 unspecified atom stereocenters. The van der Waals surface area contributed by atoms with Crippen LogP contribution >= 0.6 is 0 Å². The lowest BCUT2D eigenvalue weighted by Gasteiger charge is -2.42. The molecule has 2 rings (SSSR count). The van der Waals surface area contributed by atoms with E-state index in [4.69, 9.17) is 5.11 Å². The van der Waals surface area contributed by atoms with E-state index < -0.39 is 5.97 Å². The molecule has 1 aliphatic heterocycles. The van der Waals surface area contributed by atoms with Crippen molar-refractivity contribution in [3.05, 3.63) is 0 Å². The summed E-state index contributed by atoms with van der Waals surface area (Å²) in [6, 6.07) is 0.466. The Morgan fingerprint density at radius 2 is 2.21 bits per heavy atom. The zero-order chi connectivity index (χ0) is 10.1. The predicted octanol–water partition coefficient (Wildman–Crippen LogP) is 1.49. The first kappa shape index (κ1) is 9.97. The molecule has 14 heavy (non-hydrogen) atoms. The number of rotatable bonds is 1. The highest BCUT2D eigenvalue weighted by Crippen LogP contribution is 2.38. The molecule has 1 aliphatic carbocycles. The van der Waals surface area contributed by atoms with Crippen LogP contribution in [-0.2, 0) is 4.79 Å². The summed E-state index contributed by atoms with van der Waals surface area (Å²) in [6.07, 6.45) is 4.27. The third-order valence-corrected chi connectivity index (χ3v) is 3.78. The van der Waals surface area contributed by atoms with Crippen molar-refractivity contribution in [2.24, 2.45) is 17.8 Å². The van der Waals surface area contributed by atoms with Gasteiger partial charge in [-0.15, -0.1) is 0 Å². The normalized spacial score (nSPS) is 42.9. The molecule has 80 valence electrons. The van der Waals surface area contributed by atoms with Crippen LogP contribution in [0.5, 0.6) is 0 Å². The molecule has 1 saturated heterocycles. The van der Waals surface area contributed by atoms with Crippen LogP contribution in [-0.4, -0.2) is 23.7 Å². The molecule has 0 aromatic heterocycles. The van der Waals surface area contributed by atoms with Crippen molar-refractivity contribution in [3.8, 4) is 0 Å². The fourth-order valence-electron chi connectivity index (χ4n) is 3.14. The van der Waals surface area contributed by atoms with E-state index in [1.165, 1.54) is 0 Å². The van der Waals surface area contributed by atoms with E-state index in [9.17, 15) is 4.79 Å². The summed E-state index contributed by atoms with van der Waals surface area (Å²) in [5.41, 5.74) is 0. The lowest BCUT2D eigenvalue weighted by atomic mass is 9.68. The van der Waals surface area contributed by atoms with Crippen LogP contribution in [0.25, 0.3) is 0 Å². The van der Waals surface area contributed by atoms with Crippen molar-refractivity contribution < 1.29 is 9.90 Å². The highest BCUT2D eigenvalue weighted by atomic mass is 16.4. The first-order chi connectivity index (χ1) is 6.68. The van der Waals surface area contributed by atoms with Crippen LogP contribution in [0.1, 0.15) is 32.6 Å². The van der Waals surface area contributed by atoms with Gasteiger partial charge in [-0.25, -0.2) is 0 Å². The third kappa shape index (κ3) is 1.78. The van der Waals surface area contributed by atoms with Crippen LogP contribution in [0.3, 0.4) is 0 Å². The minimum Gasteiger partial charge on any atom is -0.481 e. The molecular weight excluding hydrogens is 178 g/mol. The summed E-state index contributed by atoms with van der Waals surface area (Å²) in [7, 11) is 0. The minimum atomic E-state index is -0.588. The Hall–Kier alpha value is -0.570. The van der Waals surface area contributed by atoms with Crippen LogP contribution in [0, 0.1) is 17.8 Å². The van der Waals surface area contributed by atoms with Crippen LogP contribution in [0.2, 0.25) is 0 Å². The Labute approximate surface area is 84.9 Å². The molecule has 2 fully saturated rings. The SMILES string of the molecule is CC1CC2NCCCC2C(C(=O)O)C1. The first-order valence-electron chi connectivity index (χ1n) is 5.64. The maximum Gasteiger partial charge on any atom is 0.306 e. The Morgan fingerprint density at radius 1 is 1.43 bits per heavy atom. The van der Waals surface area contributed by atoms with E-state index >= 15 is 0 Å². The van der Waals surface area contributed by atoms with Crippen molar-refractivity contribution in [1.29, 1.82) is 0 Å². The molecule has 1 heterocycles. The molecule has 3 heteroatoms. The number of hydrogen-bond donors (Lipinski definition) is 2. The molecule has 0 aromatic rings. The van der Waals surface area contributed by atoms with Crippen LogP contribution < -0.4 is 5.32 Å². The minimum absolute atomic E-state index is 0.100. The number of fused-ring (bicyclic) bond motifs is 1. The van der Waals surface area contributed by atoms with E-state index in [1.54, 1.807) is 0 Å². The topological polar surface area (TPSA) is 49.3 Å². The van der Waals surface area contributed by atoms with Crippen molar-refractivity contribution in [2.45, 2.75) is 38.6 Å². The van der Waals surface area contributed by atoms with Gasteiger partial charge in [0.05, 0.1) is 5.92 Å². The van der Waals surface area contributed by atoms with Gasteiger partial charge in [-0.2, -0.15) is 0 Å². The van der Waals surface area contributed by atoms with Gasteiger partial charge in [0.2, 0.25) is 0 Å². The van der Waals surface area contributed by atoms with Gasteiger partial charge >= 0.3 is 5.97 Å². The van der Waals surface area contributed by atoms with Gasteiger partial charge in [-0.3, -0.25) is 4.79 Å². The zero-order valence-corrected chi connectivity index (χ0v) is 8.70. The van der Waals surface area contributed by atoms with E-state index in [-0.39, 0.29) is 5.92 Å². The Morgan fingerprint density at radius 3 is 2.93 bits per heavy atom. The first-order valence-corrected chi connectivity index (χ1v) is 5.64. The maximum absolute atomic E-state index is 11.1. The van der Waals surface area contributed by atoms with Crippen molar-refractivity contribution in [3.63, 3.8) is 0 Å². The lowest BCUT2D eigenvalue weighted by Crippen LogP contribution is -2.50. The molecule has 2 N–H and O–H groups in total. The smallest absolute Gasteiger partial charge is 0.306 e. The number of hydrogen-bond acceptors (Lipinski definition) is 2. The second-order valence-corrected chi connectivity index (χ2v) is 4.89. The average Bonchev–Trinajstić information content (AvgIpc) is 2.16. The predicted molar refractivity (Wildman–Crippen MR) is 54.0 cm³/mol. The lowest BCUT2D eigenvalue weighted by molar-refractivity contribution is -0.146. The molecule has 0 spiro atoms. The Bertz CT molecular complexity index is 229. The van der Waals surface area contributed by atoms with E-state index in [0.29, 0.717) is 17.9 Å². The standard InChI is InChI=1S/C11H19NO2/c1-7-5-9(11(13)14)8-3-2-4-12-10(8)6-7/h7-10,12H,2-6H2,1H3,(H,13,14). The van der Waals surface area contributed by atoms with E-state index in [0.717, 1.165) is 32.2 Å². The van der Waals surface area contributed by atoms with Gasteiger partial charge < -0.3 is 10.4 Å². The highest BCUT2D eigenvalue weighted by Gasteiger charge is 2.40. The molecule has 2 aliphatic rings. The van der Waals surface area contributed by atoms with Crippen molar-refractivity contribution in [1.82, 2.24) is 5.32 Å². The quantitative estimate of drug-likeness (QED) is 0.669. The number of aliphatic carboxylic acids is 1. The summed E-state index contributed by atoms with van der Waals surface area (Å²) in [5, 5.41) is 12.6. The summed E-state index contributed by atoms with van der Waals surface area (Å²) < 4.78 is 0. The maximum atomic E-state index is 11.1. The van der Waals surface area contributed by atoms with E-state index in [1.807, 2.05) is 0 Å². The Kier molecular flexibility index (Phi) is 2.77. The number of piperidine rings is 1. The molecule has 0 bridgehead atoms. The second-order valence-electron chi connectivity index (χ2n) is 4.89. The zero-order valence-electron chi connectivity index (χ0n) is 8.70. The van der Waals surface area contributed by atoms with Gasteiger partial charge in [0.15, 0.2) is 0 Å². The number of nitrogens with one attached hydrogen (secondary N) is 1.